The number of likely N-dealkylation sites (tertiary alicyclic amines) is 1. The molecular weight excluding hydrogens is 322 g/mol. The Morgan fingerprint density at radius 3 is 2.46 bits per heavy atom. The molecule has 0 aromatic carbocycles. The van der Waals surface area contributed by atoms with Crippen LogP contribution in [-0.2, 0) is 24.0 Å². The van der Waals surface area contributed by atoms with Crippen molar-refractivity contribution in [2.24, 2.45) is 11.5 Å². The largest absolute Gasteiger partial charge is 0.480 e. The van der Waals surface area contributed by atoms with Gasteiger partial charge in [0.05, 0.1) is 19.5 Å². The van der Waals surface area contributed by atoms with Gasteiger partial charge in [0.15, 0.2) is 0 Å². The van der Waals surface area contributed by atoms with E-state index in [2.05, 4.69) is 10.6 Å². The third-order valence-electron chi connectivity index (χ3n) is 3.51. The molecule has 2 unspecified atom stereocenters. The van der Waals surface area contributed by atoms with Crippen LogP contribution in [0, 0.1) is 0 Å². The summed E-state index contributed by atoms with van der Waals surface area (Å²) in [4.78, 5) is 58.4. The van der Waals surface area contributed by atoms with Crippen LogP contribution in [0.2, 0.25) is 0 Å². The molecule has 1 heterocycles. The molecule has 1 saturated heterocycles. The number of carbonyl (C=O) groups is 5. The highest BCUT2D eigenvalue weighted by Gasteiger charge is 2.33. The van der Waals surface area contributed by atoms with Crippen LogP contribution >= 0.6 is 0 Å². The fourth-order valence-electron chi connectivity index (χ4n) is 2.39. The second-order valence-corrected chi connectivity index (χ2v) is 5.30. The Morgan fingerprint density at radius 2 is 1.92 bits per heavy atom. The zero-order valence-electron chi connectivity index (χ0n) is 13.0. The Bertz CT molecular complexity index is 537. The zero-order chi connectivity index (χ0) is 18.3. The summed E-state index contributed by atoms with van der Waals surface area (Å²) in [5.41, 5.74) is 10.2. The topological polar surface area (TPSA) is 185 Å². The van der Waals surface area contributed by atoms with Crippen molar-refractivity contribution in [3.05, 3.63) is 0 Å². The van der Waals surface area contributed by atoms with Gasteiger partial charge in [0, 0.05) is 6.54 Å². The molecule has 0 aliphatic carbocycles. The number of carboxylic acid groups (broad SMARTS) is 1. The second-order valence-electron chi connectivity index (χ2n) is 5.30. The summed E-state index contributed by atoms with van der Waals surface area (Å²) in [6.45, 7) is -0.278. The first kappa shape index (κ1) is 19.4. The van der Waals surface area contributed by atoms with Gasteiger partial charge in [0.1, 0.15) is 12.1 Å². The fourth-order valence-corrected chi connectivity index (χ4v) is 2.39. The van der Waals surface area contributed by atoms with Crippen molar-refractivity contribution in [3.63, 3.8) is 0 Å². The molecule has 0 radical (unpaired) electrons. The van der Waals surface area contributed by atoms with E-state index in [4.69, 9.17) is 16.6 Å². The number of amides is 4. The Hall–Kier alpha value is -2.69. The summed E-state index contributed by atoms with van der Waals surface area (Å²) in [6, 6.07) is -2.16. The average molecular weight is 343 g/mol. The van der Waals surface area contributed by atoms with Crippen LogP contribution in [0.15, 0.2) is 0 Å². The normalized spacial score (nSPS) is 17.9. The first-order valence-corrected chi connectivity index (χ1v) is 7.34. The molecular formula is C13H21N5O6. The van der Waals surface area contributed by atoms with E-state index in [0.29, 0.717) is 19.4 Å². The number of primary amides is 1. The first-order valence-electron chi connectivity index (χ1n) is 7.34. The molecule has 11 nitrogen and oxygen atoms in total. The number of rotatable bonds is 8. The lowest BCUT2D eigenvalue weighted by atomic mass is 10.2. The van der Waals surface area contributed by atoms with Gasteiger partial charge < -0.3 is 32.1 Å². The highest BCUT2D eigenvalue weighted by atomic mass is 16.4. The number of aliphatic carboxylic acids is 1. The summed E-state index contributed by atoms with van der Waals surface area (Å²) < 4.78 is 0. The van der Waals surface area contributed by atoms with Crippen molar-refractivity contribution < 1.29 is 29.1 Å². The predicted octanol–water partition coefficient (Wildman–Crippen LogP) is -3.50. The smallest absolute Gasteiger partial charge is 0.326 e. The van der Waals surface area contributed by atoms with Crippen LogP contribution in [-0.4, -0.2) is 71.3 Å². The summed E-state index contributed by atoms with van der Waals surface area (Å²) in [7, 11) is 0. The molecule has 0 aromatic rings. The maximum Gasteiger partial charge on any atom is 0.326 e. The first-order chi connectivity index (χ1) is 11.3. The number of nitrogens with zero attached hydrogens (tertiary/aromatic N) is 1. The highest BCUT2D eigenvalue weighted by Crippen LogP contribution is 2.17. The maximum atomic E-state index is 12.1. The molecule has 1 aliphatic heterocycles. The van der Waals surface area contributed by atoms with E-state index < -0.39 is 48.7 Å². The Labute approximate surface area is 137 Å². The lowest BCUT2D eigenvalue weighted by Gasteiger charge is -2.23. The van der Waals surface area contributed by atoms with Crippen LogP contribution in [0.5, 0.6) is 0 Å². The van der Waals surface area contributed by atoms with Crippen LogP contribution in [0.25, 0.3) is 0 Å². The molecule has 4 amide bonds. The Balaban J connectivity index is 2.51. The van der Waals surface area contributed by atoms with Gasteiger partial charge in [-0.2, -0.15) is 0 Å². The minimum absolute atomic E-state index is 0.211. The van der Waals surface area contributed by atoms with E-state index in [1.54, 1.807) is 0 Å². The van der Waals surface area contributed by atoms with E-state index in [-0.39, 0.29) is 12.5 Å². The highest BCUT2D eigenvalue weighted by molar-refractivity contribution is 5.93. The molecule has 2 atom stereocenters. The van der Waals surface area contributed by atoms with Crippen molar-refractivity contribution in [2.75, 3.05) is 19.6 Å². The van der Waals surface area contributed by atoms with Crippen LogP contribution < -0.4 is 22.1 Å². The zero-order valence-corrected chi connectivity index (χ0v) is 13.0. The molecule has 1 fully saturated rings. The number of nitrogens with two attached hydrogens (primary N) is 2. The molecule has 7 N–H and O–H groups in total. The van der Waals surface area contributed by atoms with Crippen LogP contribution in [0.3, 0.4) is 0 Å². The lowest BCUT2D eigenvalue weighted by molar-refractivity contribution is -0.143. The van der Waals surface area contributed by atoms with E-state index in [9.17, 15) is 24.0 Å². The minimum atomic E-state index is -1.46. The number of carbonyl (C=O) groups excluding carboxylic acids is 4. The lowest BCUT2D eigenvalue weighted by Crippen LogP contribution is -2.51. The van der Waals surface area contributed by atoms with Gasteiger partial charge in [-0.05, 0) is 12.8 Å². The van der Waals surface area contributed by atoms with Crippen molar-refractivity contribution in [1.29, 1.82) is 0 Å². The van der Waals surface area contributed by atoms with Crippen molar-refractivity contribution in [3.8, 4) is 0 Å². The fraction of sp³-hybridized carbons (Fsp3) is 0.615. The number of carboxylic acids is 1. The molecule has 0 saturated carbocycles. The standard InChI is InChI=1S/C13H21N5O6/c14-5-11(21)18-3-1-2-8(18)12(22)16-6-10(20)17-7(13(23)24)4-9(15)19/h7-8H,1-6,14H2,(H2,15,19)(H,16,22)(H,17,20)(H,23,24). The molecule has 0 spiro atoms. The van der Waals surface area contributed by atoms with Crippen molar-refractivity contribution >= 4 is 29.6 Å². The molecule has 11 heteroatoms. The SMILES string of the molecule is NCC(=O)N1CCCC1C(=O)NCC(=O)NC(CC(N)=O)C(=O)O. The monoisotopic (exact) mass is 343 g/mol. The van der Waals surface area contributed by atoms with Gasteiger partial charge in [-0.15, -0.1) is 0 Å². The van der Waals surface area contributed by atoms with Crippen molar-refractivity contribution in [2.45, 2.75) is 31.3 Å². The summed E-state index contributed by atoms with van der Waals surface area (Å²) >= 11 is 0. The molecule has 1 rings (SSSR count). The minimum Gasteiger partial charge on any atom is -0.480 e. The van der Waals surface area contributed by atoms with Gasteiger partial charge in [-0.25, -0.2) is 4.79 Å². The molecule has 0 aromatic heterocycles. The summed E-state index contributed by atoms with van der Waals surface area (Å²) in [5.74, 6) is -3.96. The van der Waals surface area contributed by atoms with E-state index in [1.807, 2.05) is 0 Å². The predicted molar refractivity (Wildman–Crippen MR) is 80.2 cm³/mol. The van der Waals surface area contributed by atoms with Crippen LogP contribution in [0.4, 0.5) is 0 Å². The van der Waals surface area contributed by atoms with Gasteiger partial charge in [-0.3, -0.25) is 19.2 Å². The van der Waals surface area contributed by atoms with Gasteiger partial charge in [0.2, 0.25) is 23.6 Å². The number of hydrogen-bond donors (Lipinski definition) is 5. The average Bonchev–Trinajstić information content (AvgIpc) is 3.00. The van der Waals surface area contributed by atoms with Gasteiger partial charge in [-0.1, -0.05) is 0 Å². The quantitative estimate of drug-likeness (QED) is 0.302. The number of nitrogens with one attached hydrogen (secondary N) is 2. The van der Waals surface area contributed by atoms with E-state index in [0.717, 1.165) is 0 Å². The molecule has 134 valence electrons. The van der Waals surface area contributed by atoms with E-state index >= 15 is 0 Å². The Kier molecular flexibility index (Phi) is 7.11. The number of hydrogen-bond acceptors (Lipinski definition) is 6. The van der Waals surface area contributed by atoms with Crippen LogP contribution in [0.1, 0.15) is 19.3 Å². The summed E-state index contributed by atoms with van der Waals surface area (Å²) in [5, 5.41) is 13.3. The van der Waals surface area contributed by atoms with E-state index in [1.165, 1.54) is 4.90 Å². The molecule has 24 heavy (non-hydrogen) atoms. The summed E-state index contributed by atoms with van der Waals surface area (Å²) in [6.07, 6.45) is 0.546. The third kappa shape index (κ3) is 5.50. The van der Waals surface area contributed by atoms with Gasteiger partial charge >= 0.3 is 5.97 Å². The second kappa shape index (κ2) is 8.82. The third-order valence-corrected chi connectivity index (χ3v) is 3.51. The molecule has 1 aliphatic rings. The van der Waals surface area contributed by atoms with Gasteiger partial charge in [0.25, 0.3) is 0 Å². The van der Waals surface area contributed by atoms with Crippen molar-refractivity contribution in [1.82, 2.24) is 15.5 Å². The Morgan fingerprint density at radius 1 is 1.25 bits per heavy atom. The maximum absolute atomic E-state index is 12.1. The molecule has 0 bridgehead atoms.